The fraction of sp³-hybridized carbons (Fsp3) is 0.857. The van der Waals surface area contributed by atoms with Crippen molar-refractivity contribution in [3.8, 4) is 0 Å². The lowest BCUT2D eigenvalue weighted by Gasteiger charge is -2.19. The van der Waals surface area contributed by atoms with E-state index in [1.807, 2.05) is 6.92 Å². The minimum absolute atomic E-state index is 0.281. The van der Waals surface area contributed by atoms with Crippen molar-refractivity contribution in [1.82, 2.24) is 0 Å². The van der Waals surface area contributed by atoms with Crippen molar-refractivity contribution in [1.29, 1.82) is 0 Å². The summed E-state index contributed by atoms with van der Waals surface area (Å²) in [4.78, 5) is 11.2. The van der Waals surface area contributed by atoms with Crippen molar-refractivity contribution in [3.63, 3.8) is 0 Å². The molecule has 0 aromatic carbocycles. The highest BCUT2D eigenvalue weighted by atomic mass is 32.2. The number of ether oxygens (including phenoxy) is 1. The average molecular weight is 210 g/mol. The van der Waals surface area contributed by atoms with Crippen molar-refractivity contribution < 1.29 is 22.5 Å². The Balaban J connectivity index is 4.10. The van der Waals surface area contributed by atoms with Crippen LogP contribution in [0, 0.1) is 0 Å². The van der Waals surface area contributed by atoms with Gasteiger partial charge in [0.1, 0.15) is 0 Å². The van der Waals surface area contributed by atoms with Gasteiger partial charge in [-0.15, -0.1) is 0 Å². The monoisotopic (exact) mass is 210 g/mol. The number of esters is 1. The molecule has 5 nitrogen and oxygen atoms in total. The number of hydrogen-bond acceptors (Lipinski definition) is 4. The molecule has 0 aromatic rings. The van der Waals surface area contributed by atoms with E-state index in [9.17, 15) is 9.00 Å². The quantitative estimate of drug-likeness (QED) is 0.538. The summed E-state index contributed by atoms with van der Waals surface area (Å²) in [5, 5.41) is 0. The van der Waals surface area contributed by atoms with Gasteiger partial charge in [-0.05, 0) is 20.3 Å². The van der Waals surface area contributed by atoms with Crippen molar-refractivity contribution in [2.75, 3.05) is 6.61 Å². The van der Waals surface area contributed by atoms with E-state index in [2.05, 4.69) is 4.18 Å². The van der Waals surface area contributed by atoms with Gasteiger partial charge in [0, 0.05) is 0 Å². The molecular weight excluding hydrogens is 196 g/mol. The van der Waals surface area contributed by atoms with Gasteiger partial charge in [-0.25, -0.2) is 4.79 Å². The van der Waals surface area contributed by atoms with Crippen molar-refractivity contribution in [2.24, 2.45) is 0 Å². The maximum Gasteiger partial charge on any atom is 0.339 e. The van der Waals surface area contributed by atoms with E-state index in [0.29, 0.717) is 6.42 Å². The van der Waals surface area contributed by atoms with E-state index >= 15 is 0 Å². The molecule has 1 N–H and O–H groups in total. The number of carbonyl (C=O) groups is 1. The van der Waals surface area contributed by atoms with Gasteiger partial charge in [-0.3, -0.25) is 8.74 Å². The zero-order chi connectivity index (χ0) is 10.5. The predicted octanol–water partition coefficient (Wildman–Crippen LogP) is 0.871. The molecular formula is C7H14O5S. The topological polar surface area (TPSA) is 72.8 Å². The number of hydrogen-bond donors (Lipinski definition) is 1. The van der Waals surface area contributed by atoms with Crippen LogP contribution in [0.3, 0.4) is 0 Å². The van der Waals surface area contributed by atoms with Crippen LogP contribution in [0.15, 0.2) is 0 Å². The van der Waals surface area contributed by atoms with Gasteiger partial charge in [-0.2, -0.15) is 4.21 Å². The largest absolute Gasteiger partial charge is 0.464 e. The summed E-state index contributed by atoms with van der Waals surface area (Å²) in [6, 6.07) is 0. The highest BCUT2D eigenvalue weighted by molar-refractivity contribution is 7.74. The number of carbonyl (C=O) groups excluding carboxylic acids is 1. The summed E-state index contributed by atoms with van der Waals surface area (Å²) in [5.74, 6) is -0.642. The van der Waals surface area contributed by atoms with Gasteiger partial charge >= 0.3 is 17.3 Å². The minimum Gasteiger partial charge on any atom is -0.464 e. The van der Waals surface area contributed by atoms with Crippen LogP contribution in [-0.2, 0) is 25.1 Å². The van der Waals surface area contributed by atoms with Crippen LogP contribution in [0.2, 0.25) is 0 Å². The standard InChI is InChI=1S/C7H14O5S/c1-4-5-11-6(8)7(2,3)12-13(9)10/h4-5H2,1-3H3,(H,9,10). The summed E-state index contributed by atoms with van der Waals surface area (Å²) in [6.45, 7) is 4.88. The van der Waals surface area contributed by atoms with Crippen molar-refractivity contribution in [2.45, 2.75) is 32.8 Å². The molecule has 0 aliphatic carbocycles. The van der Waals surface area contributed by atoms with E-state index < -0.39 is 22.9 Å². The number of rotatable bonds is 5. The molecule has 0 bridgehead atoms. The SMILES string of the molecule is CCCOC(=O)C(C)(C)OS(=O)O. The van der Waals surface area contributed by atoms with Crippen LogP contribution >= 0.6 is 0 Å². The zero-order valence-electron chi connectivity index (χ0n) is 7.90. The molecule has 0 aliphatic rings. The van der Waals surface area contributed by atoms with Gasteiger partial charge in [0.25, 0.3) is 0 Å². The Bertz CT molecular complexity index is 201. The average Bonchev–Trinajstić information content (AvgIpc) is 1.97. The second kappa shape index (κ2) is 5.31. The zero-order valence-corrected chi connectivity index (χ0v) is 8.72. The first-order valence-electron chi connectivity index (χ1n) is 3.87. The molecule has 0 rings (SSSR count). The molecule has 78 valence electrons. The van der Waals surface area contributed by atoms with Crippen molar-refractivity contribution in [3.05, 3.63) is 0 Å². The third kappa shape index (κ3) is 4.97. The molecule has 1 atom stereocenters. The van der Waals surface area contributed by atoms with E-state index in [-0.39, 0.29) is 6.61 Å². The lowest BCUT2D eigenvalue weighted by Crippen LogP contribution is -2.37. The van der Waals surface area contributed by atoms with E-state index in [1.165, 1.54) is 13.8 Å². The first-order chi connectivity index (χ1) is 5.90. The normalized spacial score (nSPS) is 13.8. The molecule has 0 heterocycles. The smallest absolute Gasteiger partial charge is 0.339 e. The summed E-state index contributed by atoms with van der Waals surface area (Å²) in [6.07, 6.45) is 0.698. The third-order valence-electron chi connectivity index (χ3n) is 1.21. The second-order valence-corrected chi connectivity index (χ2v) is 3.55. The molecule has 1 unspecified atom stereocenters. The predicted molar refractivity (Wildman–Crippen MR) is 47.2 cm³/mol. The van der Waals surface area contributed by atoms with Crippen LogP contribution in [0.4, 0.5) is 0 Å². The molecule has 6 heteroatoms. The summed E-state index contributed by atoms with van der Waals surface area (Å²) >= 11 is -2.46. The Morgan fingerprint density at radius 2 is 2.08 bits per heavy atom. The molecule has 0 aliphatic heterocycles. The molecule has 0 amide bonds. The maximum absolute atomic E-state index is 11.2. The molecule has 0 saturated carbocycles. The summed E-state index contributed by atoms with van der Waals surface area (Å²) in [7, 11) is 0. The highest BCUT2D eigenvalue weighted by Crippen LogP contribution is 2.12. The highest BCUT2D eigenvalue weighted by Gasteiger charge is 2.32. The lowest BCUT2D eigenvalue weighted by atomic mass is 10.1. The van der Waals surface area contributed by atoms with Gasteiger partial charge < -0.3 is 4.74 Å². The van der Waals surface area contributed by atoms with Gasteiger partial charge in [0.05, 0.1) is 6.61 Å². The first kappa shape index (κ1) is 12.5. The van der Waals surface area contributed by atoms with Crippen LogP contribution in [0.1, 0.15) is 27.2 Å². The molecule has 13 heavy (non-hydrogen) atoms. The fourth-order valence-electron chi connectivity index (χ4n) is 0.581. The Morgan fingerprint density at radius 1 is 1.54 bits per heavy atom. The molecule has 0 aromatic heterocycles. The first-order valence-corrected chi connectivity index (χ1v) is 4.91. The van der Waals surface area contributed by atoms with Crippen LogP contribution in [0.25, 0.3) is 0 Å². The molecule has 0 radical (unpaired) electrons. The van der Waals surface area contributed by atoms with Gasteiger partial charge in [-0.1, -0.05) is 6.92 Å². The minimum atomic E-state index is -2.46. The lowest BCUT2D eigenvalue weighted by molar-refractivity contribution is -0.159. The van der Waals surface area contributed by atoms with Gasteiger partial charge in [0.2, 0.25) is 0 Å². The fourth-order valence-corrected chi connectivity index (χ4v) is 1.01. The molecule has 0 fully saturated rings. The van der Waals surface area contributed by atoms with E-state index in [1.54, 1.807) is 0 Å². The summed E-state index contributed by atoms with van der Waals surface area (Å²) < 4.78 is 27.9. The third-order valence-corrected chi connectivity index (χ3v) is 1.77. The maximum atomic E-state index is 11.2. The Morgan fingerprint density at radius 3 is 2.46 bits per heavy atom. The molecule has 0 saturated heterocycles. The van der Waals surface area contributed by atoms with Crippen LogP contribution < -0.4 is 0 Å². The van der Waals surface area contributed by atoms with Crippen LogP contribution in [-0.4, -0.2) is 26.9 Å². The summed E-state index contributed by atoms with van der Waals surface area (Å²) in [5.41, 5.74) is -1.38. The van der Waals surface area contributed by atoms with Crippen molar-refractivity contribution >= 4 is 17.3 Å². The van der Waals surface area contributed by atoms with E-state index in [4.69, 9.17) is 9.29 Å². The Hall–Kier alpha value is -0.460. The Labute approximate surface area is 79.9 Å². The van der Waals surface area contributed by atoms with Crippen LogP contribution in [0.5, 0.6) is 0 Å². The molecule has 0 spiro atoms. The Kier molecular flexibility index (Phi) is 5.12. The van der Waals surface area contributed by atoms with Gasteiger partial charge in [0.15, 0.2) is 5.60 Å². The van der Waals surface area contributed by atoms with E-state index in [0.717, 1.165) is 0 Å². The second-order valence-electron chi connectivity index (χ2n) is 2.95.